The van der Waals surface area contributed by atoms with E-state index in [4.69, 9.17) is 0 Å². The van der Waals surface area contributed by atoms with Gasteiger partial charge in [0.05, 0.1) is 22.7 Å². The quantitative estimate of drug-likeness (QED) is 0.0627. The van der Waals surface area contributed by atoms with Crippen molar-refractivity contribution < 1.29 is 0 Å². The zero-order chi connectivity index (χ0) is 92.5. The Kier molecular flexibility index (Phi) is 22.9. The molecule has 0 unspecified atom stereocenters. The summed E-state index contributed by atoms with van der Waals surface area (Å²) in [7, 11) is 0. The third-order valence-corrected chi connectivity index (χ3v) is 27.6. The Morgan fingerprint density at radius 3 is 0.486 bits per heavy atom. The molecule has 138 heavy (non-hydrogen) atoms. The van der Waals surface area contributed by atoms with Crippen LogP contribution in [-0.4, -0.2) is 0 Å². The first-order chi connectivity index (χ1) is 68.1. The van der Waals surface area contributed by atoms with Crippen LogP contribution in [0.1, 0.15) is 36.1 Å². The van der Waals surface area contributed by atoms with E-state index in [1.807, 2.05) is 0 Å². The Bertz CT molecular complexity index is 7740. The van der Waals surface area contributed by atoms with E-state index >= 15 is 0 Å². The van der Waals surface area contributed by atoms with Crippen LogP contribution in [0.3, 0.4) is 0 Å². The average molecular weight is 1770 g/mol. The first-order valence-corrected chi connectivity index (χ1v) is 48.1. The summed E-state index contributed by atoms with van der Waals surface area (Å²) in [6.45, 7) is 8.76. The topological polar surface area (TPSA) is 13.0 Å². The number of hydrogen-bond donors (Lipinski definition) is 0. The molecule has 24 aromatic carbocycles. The Morgan fingerprint density at radius 2 is 0.312 bits per heavy atom. The molecule has 0 amide bonds. The highest BCUT2D eigenvalue weighted by Gasteiger charge is 2.28. The predicted octanol–water partition coefficient (Wildman–Crippen LogP) is 38.1. The first kappa shape index (κ1) is 84.8. The molecular formula is C134H100N4. The molecule has 0 saturated heterocycles. The van der Waals surface area contributed by atoms with Crippen LogP contribution in [0.4, 0.5) is 68.2 Å². The minimum absolute atomic E-state index is 0.979. The van der Waals surface area contributed by atoms with E-state index in [1.54, 1.807) is 0 Å². The predicted molar refractivity (Wildman–Crippen MR) is 591 cm³/mol. The molecule has 0 bridgehead atoms. The molecule has 4 heteroatoms. The lowest BCUT2D eigenvalue weighted by molar-refractivity contribution is 1.14. The van der Waals surface area contributed by atoms with Crippen molar-refractivity contribution >= 4 is 133 Å². The van der Waals surface area contributed by atoms with Gasteiger partial charge in [0.1, 0.15) is 0 Å². The lowest BCUT2D eigenvalue weighted by atomic mass is 9.91. The Labute approximate surface area is 808 Å². The van der Waals surface area contributed by atoms with Crippen LogP contribution in [0.25, 0.3) is 154 Å². The zero-order valence-electron chi connectivity index (χ0n) is 77.7. The molecule has 0 radical (unpaired) electrons. The summed E-state index contributed by atoms with van der Waals surface area (Å²) >= 11 is 0. The molecule has 656 valence electrons. The number of nitrogens with zero attached hydrogens (tertiary/aromatic N) is 4. The Hall–Kier alpha value is -17.4. The largest absolute Gasteiger partial charge is 0.310 e. The minimum Gasteiger partial charge on any atom is -0.310 e. The van der Waals surface area contributed by atoms with Gasteiger partial charge in [-0.1, -0.05) is 389 Å². The van der Waals surface area contributed by atoms with E-state index in [1.165, 1.54) is 176 Å². The second kappa shape index (κ2) is 37.2. The maximum atomic E-state index is 2.48. The molecule has 0 aliphatic heterocycles. The summed E-state index contributed by atoms with van der Waals surface area (Å²) < 4.78 is 0. The first-order valence-electron chi connectivity index (χ1n) is 48.1. The fraction of sp³-hybridized carbons (Fsp3) is 0.0448. The highest BCUT2D eigenvalue weighted by atomic mass is 15.2. The van der Waals surface area contributed by atoms with Crippen LogP contribution < -0.4 is 19.6 Å². The summed E-state index contributed by atoms with van der Waals surface area (Å²) in [6.07, 6.45) is 1.96. The number of anilines is 12. The van der Waals surface area contributed by atoms with Crippen LogP contribution in [0.5, 0.6) is 0 Å². The van der Waals surface area contributed by atoms with Crippen LogP contribution >= 0.6 is 0 Å². The normalized spacial score (nSPS) is 11.4. The Morgan fingerprint density at radius 1 is 0.145 bits per heavy atom. The van der Waals surface area contributed by atoms with E-state index in [0.29, 0.717) is 0 Å². The number of aryl methyl sites for hydroxylation is 4. The van der Waals surface area contributed by atoms with Crippen molar-refractivity contribution in [1.82, 2.24) is 0 Å². The fourth-order valence-electron chi connectivity index (χ4n) is 20.5. The van der Waals surface area contributed by atoms with Crippen LogP contribution in [-0.2, 0) is 12.8 Å². The smallest absolute Gasteiger partial charge is 0.0540 e. The number of hydrogen-bond acceptors (Lipinski definition) is 4. The maximum absolute atomic E-state index is 2.48. The molecule has 24 rings (SSSR count). The van der Waals surface area contributed by atoms with E-state index in [2.05, 4.69) is 557 Å². The van der Waals surface area contributed by atoms with Crippen molar-refractivity contribution in [3.63, 3.8) is 0 Å². The lowest BCUT2D eigenvalue weighted by Gasteiger charge is -2.30. The van der Waals surface area contributed by atoms with Crippen molar-refractivity contribution in [1.29, 1.82) is 0 Å². The summed E-state index contributed by atoms with van der Waals surface area (Å²) in [5, 5.41) is 14.7. The van der Waals surface area contributed by atoms with Gasteiger partial charge in [0.2, 0.25) is 0 Å². The van der Waals surface area contributed by atoms with Crippen molar-refractivity contribution in [3.8, 4) is 89.0 Å². The summed E-state index contributed by atoms with van der Waals surface area (Å²) in [6, 6.07) is 188. The van der Waals surface area contributed by atoms with Crippen molar-refractivity contribution in [2.45, 2.75) is 40.5 Å². The molecular weight excluding hydrogens is 1670 g/mol. The standard InChI is InChI=1S/C68H52N2.C66H48N2/c1-3-47-25-33-59(34-26-47)69(61-43-55(49-17-9-5-10-18-49)41-56(44-61)50-19-11-6-12-20-50)65-39-31-53-30-38-64-66(40-32-54-29-37-63(65)67(53)68(54)64)70(60-35-27-48(4-2)28-36-60)62-45-57(51-21-13-7-14-22-51)42-58(46-62)52-23-15-8-16-24-52;1-45-23-31-57(32-24-45)67(59-41-53(47-15-7-3-8-16-47)39-54(42-59)48-17-9-4-10-18-48)63-37-29-51-28-36-62-64(38-30-52-27-35-61(63)65(51)66(52)62)68(58-33-25-46(2)26-34-58)60-43-55(49-19-11-5-12-20-49)40-56(44-60)50-21-13-6-14-22-50/h5-46H,3-4H2,1-2H3;3-44H,1-2H3. The van der Waals surface area contributed by atoms with E-state index < -0.39 is 0 Å². The van der Waals surface area contributed by atoms with Gasteiger partial charge >= 0.3 is 0 Å². The van der Waals surface area contributed by atoms with Crippen molar-refractivity contribution in [2.75, 3.05) is 19.6 Å². The van der Waals surface area contributed by atoms with Gasteiger partial charge in [0.15, 0.2) is 0 Å². The van der Waals surface area contributed by atoms with Gasteiger partial charge in [-0.15, -0.1) is 0 Å². The molecule has 0 atom stereocenters. The number of benzene rings is 24. The van der Waals surface area contributed by atoms with Crippen LogP contribution in [0.2, 0.25) is 0 Å². The maximum Gasteiger partial charge on any atom is 0.0540 e. The zero-order valence-corrected chi connectivity index (χ0v) is 77.7. The molecule has 0 aromatic heterocycles. The van der Waals surface area contributed by atoms with Crippen molar-refractivity contribution in [3.05, 3.63) is 532 Å². The summed E-state index contributed by atoms with van der Waals surface area (Å²) in [4.78, 5) is 9.88. The van der Waals surface area contributed by atoms with E-state index in [9.17, 15) is 0 Å². The summed E-state index contributed by atoms with van der Waals surface area (Å²) in [5.41, 5.74) is 37.3. The van der Waals surface area contributed by atoms with Gasteiger partial charge in [0.25, 0.3) is 0 Å². The highest BCUT2D eigenvalue weighted by Crippen LogP contribution is 2.54. The molecule has 0 aliphatic carbocycles. The fourth-order valence-corrected chi connectivity index (χ4v) is 20.5. The van der Waals surface area contributed by atoms with Gasteiger partial charge in [-0.25, -0.2) is 0 Å². The molecule has 0 spiro atoms. The Balaban J connectivity index is 0.000000155. The molecule has 0 aliphatic rings. The van der Waals surface area contributed by atoms with Gasteiger partial charge in [-0.2, -0.15) is 0 Å². The van der Waals surface area contributed by atoms with E-state index in [0.717, 1.165) is 81.1 Å². The minimum atomic E-state index is 0.979. The van der Waals surface area contributed by atoms with Crippen LogP contribution in [0, 0.1) is 13.8 Å². The molecule has 0 heterocycles. The second-order valence-corrected chi connectivity index (χ2v) is 36.2. The molecule has 4 nitrogen and oxygen atoms in total. The SMILES string of the molecule is CCc1ccc(N(c2cc(-c3ccccc3)cc(-c3ccccc3)c2)c2ccc3ccc4c(N(c5ccc(CC)cc5)c5cc(-c6ccccc6)cc(-c6ccccc6)c5)ccc5ccc2c3c54)cc1.Cc1ccc(N(c2cc(-c3ccccc3)cc(-c3ccccc3)c2)c2ccc3ccc4c(N(c5ccc(C)cc5)c5cc(-c6ccccc6)cc(-c6ccccc6)c5)ccc5ccc2c3c54)cc1. The van der Waals surface area contributed by atoms with Gasteiger partial charge < -0.3 is 19.6 Å². The van der Waals surface area contributed by atoms with Gasteiger partial charge in [-0.3, -0.25) is 0 Å². The molecule has 24 aromatic rings. The third-order valence-electron chi connectivity index (χ3n) is 27.6. The molecule has 0 N–H and O–H groups in total. The molecule has 0 fully saturated rings. The van der Waals surface area contributed by atoms with E-state index in [-0.39, 0.29) is 0 Å². The highest BCUT2D eigenvalue weighted by molar-refractivity contribution is 6.30. The monoisotopic (exact) mass is 1760 g/mol. The van der Waals surface area contributed by atoms with Crippen molar-refractivity contribution in [2.24, 2.45) is 0 Å². The van der Waals surface area contributed by atoms with Gasteiger partial charge in [0, 0.05) is 67.0 Å². The van der Waals surface area contributed by atoms with Crippen LogP contribution in [0.15, 0.2) is 510 Å². The molecule has 0 saturated carbocycles. The lowest BCUT2D eigenvalue weighted by Crippen LogP contribution is -2.12. The van der Waals surface area contributed by atoms with Gasteiger partial charge in [-0.05, 0) is 316 Å². The second-order valence-electron chi connectivity index (χ2n) is 36.2. The summed E-state index contributed by atoms with van der Waals surface area (Å²) in [5.74, 6) is 0. The third kappa shape index (κ3) is 16.6. The number of rotatable bonds is 22. The average Bonchev–Trinajstić information content (AvgIpc) is 0.720.